The Bertz CT molecular complexity index is 402. The average molecular weight is 256 g/mol. The highest BCUT2D eigenvalue weighted by molar-refractivity contribution is 5.36. The van der Waals surface area contributed by atoms with Crippen molar-refractivity contribution in [3.05, 3.63) is 29.3 Å². The fourth-order valence-corrected chi connectivity index (χ4v) is 1.27. The number of benzene rings is 1. The Morgan fingerprint density at radius 3 is 2.35 bits per heavy atom. The summed E-state index contributed by atoms with van der Waals surface area (Å²) < 4.78 is 66.9. The van der Waals surface area contributed by atoms with Crippen LogP contribution in [0.15, 0.2) is 12.1 Å². The predicted octanol–water partition coefficient (Wildman–Crippen LogP) is 2.44. The first-order valence-corrected chi connectivity index (χ1v) is 4.52. The number of halogens is 5. The summed E-state index contributed by atoms with van der Waals surface area (Å²) in [6.07, 6.45) is -8.62. The third kappa shape index (κ3) is 3.29. The van der Waals surface area contributed by atoms with Crippen molar-refractivity contribution in [2.45, 2.75) is 18.7 Å². The second-order valence-electron chi connectivity index (χ2n) is 3.33. The van der Waals surface area contributed by atoms with Crippen molar-refractivity contribution in [3.8, 4) is 5.75 Å². The number of methoxy groups -OCH3 is 1. The highest BCUT2D eigenvalue weighted by Gasteiger charge is 2.39. The Morgan fingerprint density at radius 1 is 1.29 bits per heavy atom. The minimum atomic E-state index is -4.87. The highest BCUT2D eigenvalue weighted by Crippen LogP contribution is 2.29. The molecule has 1 rings (SSSR count). The van der Waals surface area contributed by atoms with Gasteiger partial charge in [0, 0.05) is 24.1 Å². The molecule has 0 heterocycles. The summed E-state index contributed by atoms with van der Waals surface area (Å²) in [5, 5.41) is 8.81. The fraction of sp³-hybridized carbons (Fsp3) is 0.400. The van der Waals surface area contributed by atoms with Crippen LogP contribution < -0.4 is 4.74 Å². The van der Waals surface area contributed by atoms with E-state index < -0.39 is 35.9 Å². The van der Waals surface area contributed by atoms with Gasteiger partial charge in [-0.2, -0.15) is 13.2 Å². The molecule has 0 saturated carbocycles. The lowest BCUT2D eigenvalue weighted by molar-refractivity contribution is -0.203. The Kier molecular flexibility index (Phi) is 3.92. The van der Waals surface area contributed by atoms with Crippen molar-refractivity contribution >= 4 is 0 Å². The number of hydrogen-bond acceptors (Lipinski definition) is 2. The first-order chi connectivity index (χ1) is 7.75. The first kappa shape index (κ1) is 13.7. The number of ether oxygens (including phenoxy) is 1. The van der Waals surface area contributed by atoms with Crippen LogP contribution >= 0.6 is 0 Å². The molecule has 0 radical (unpaired) electrons. The van der Waals surface area contributed by atoms with Crippen LogP contribution in [0.25, 0.3) is 0 Å². The van der Waals surface area contributed by atoms with E-state index in [4.69, 9.17) is 5.11 Å². The summed E-state index contributed by atoms with van der Waals surface area (Å²) in [6.45, 7) is 0. The van der Waals surface area contributed by atoms with Gasteiger partial charge in [0.05, 0.1) is 7.11 Å². The highest BCUT2D eigenvalue weighted by atomic mass is 19.4. The lowest BCUT2D eigenvalue weighted by Crippen LogP contribution is -2.31. The zero-order valence-electron chi connectivity index (χ0n) is 8.68. The smallest absolute Gasteiger partial charge is 0.414 e. The Hall–Kier alpha value is -1.37. The van der Waals surface area contributed by atoms with E-state index in [1.54, 1.807) is 0 Å². The fourth-order valence-electron chi connectivity index (χ4n) is 1.27. The molecule has 2 nitrogen and oxygen atoms in total. The molecule has 1 N–H and O–H groups in total. The molecule has 0 aromatic heterocycles. The standard InChI is InChI=1S/C10H9F5O2/c1-17-8-3-5(11)2-7(12)6(8)4-9(16)10(13,14)15/h2-3,9,16H,4H2,1H3. The van der Waals surface area contributed by atoms with E-state index >= 15 is 0 Å². The lowest BCUT2D eigenvalue weighted by Gasteiger charge is -2.16. The van der Waals surface area contributed by atoms with E-state index in [9.17, 15) is 22.0 Å². The number of hydrogen-bond donors (Lipinski definition) is 1. The minimum Gasteiger partial charge on any atom is -0.496 e. The molecule has 0 spiro atoms. The van der Waals surface area contributed by atoms with E-state index in [1.807, 2.05) is 0 Å². The number of alkyl halides is 3. The van der Waals surface area contributed by atoms with Crippen LogP contribution in [-0.2, 0) is 6.42 Å². The molecule has 0 aliphatic carbocycles. The van der Waals surface area contributed by atoms with Crippen LogP contribution in [-0.4, -0.2) is 24.5 Å². The Balaban J connectivity index is 3.06. The van der Waals surface area contributed by atoms with E-state index in [0.717, 1.165) is 13.2 Å². The number of aliphatic hydroxyl groups is 1. The van der Waals surface area contributed by atoms with Crippen molar-refractivity contribution in [2.75, 3.05) is 7.11 Å². The zero-order valence-corrected chi connectivity index (χ0v) is 8.68. The average Bonchev–Trinajstić information content (AvgIpc) is 2.19. The third-order valence-corrected chi connectivity index (χ3v) is 2.11. The summed E-state index contributed by atoms with van der Waals surface area (Å²) in [7, 11) is 1.07. The van der Waals surface area contributed by atoms with Crippen LogP contribution in [0.4, 0.5) is 22.0 Å². The van der Waals surface area contributed by atoms with Crippen LogP contribution in [0.2, 0.25) is 0 Å². The topological polar surface area (TPSA) is 29.5 Å². The SMILES string of the molecule is COc1cc(F)cc(F)c1CC(O)C(F)(F)F. The van der Waals surface area contributed by atoms with Gasteiger partial charge < -0.3 is 9.84 Å². The lowest BCUT2D eigenvalue weighted by atomic mass is 10.1. The predicted molar refractivity (Wildman–Crippen MR) is 48.7 cm³/mol. The van der Waals surface area contributed by atoms with Crippen molar-refractivity contribution < 1.29 is 31.8 Å². The second-order valence-corrected chi connectivity index (χ2v) is 3.33. The van der Waals surface area contributed by atoms with Gasteiger partial charge in [0.2, 0.25) is 0 Å². The molecule has 1 unspecified atom stereocenters. The Morgan fingerprint density at radius 2 is 1.88 bits per heavy atom. The van der Waals surface area contributed by atoms with Crippen LogP contribution in [0.3, 0.4) is 0 Å². The normalized spacial score (nSPS) is 13.6. The van der Waals surface area contributed by atoms with Gasteiger partial charge in [0.1, 0.15) is 17.4 Å². The number of rotatable bonds is 3. The van der Waals surface area contributed by atoms with Crippen LogP contribution in [0, 0.1) is 11.6 Å². The monoisotopic (exact) mass is 256 g/mol. The molecule has 0 fully saturated rings. The van der Waals surface area contributed by atoms with Gasteiger partial charge in [-0.15, -0.1) is 0 Å². The summed E-state index contributed by atoms with van der Waals surface area (Å²) >= 11 is 0. The summed E-state index contributed by atoms with van der Waals surface area (Å²) in [5.41, 5.74) is -0.515. The molecule has 1 aromatic carbocycles. The molecule has 0 saturated heterocycles. The third-order valence-electron chi connectivity index (χ3n) is 2.11. The van der Waals surface area contributed by atoms with Gasteiger partial charge in [0.25, 0.3) is 0 Å². The van der Waals surface area contributed by atoms with Gasteiger partial charge in [-0.25, -0.2) is 8.78 Å². The van der Waals surface area contributed by atoms with Crippen molar-refractivity contribution in [3.63, 3.8) is 0 Å². The van der Waals surface area contributed by atoms with Gasteiger partial charge >= 0.3 is 6.18 Å². The van der Waals surface area contributed by atoms with E-state index in [1.165, 1.54) is 0 Å². The van der Waals surface area contributed by atoms with E-state index in [0.29, 0.717) is 6.07 Å². The summed E-state index contributed by atoms with van der Waals surface area (Å²) in [5.74, 6) is -2.53. The molecule has 0 bridgehead atoms. The molecular formula is C10H9F5O2. The molecule has 0 aliphatic rings. The summed E-state index contributed by atoms with van der Waals surface area (Å²) in [4.78, 5) is 0. The van der Waals surface area contributed by atoms with Crippen molar-refractivity contribution in [1.82, 2.24) is 0 Å². The molecule has 1 atom stereocenters. The summed E-state index contributed by atoms with van der Waals surface area (Å²) in [6, 6.07) is 1.18. The second kappa shape index (κ2) is 4.87. The van der Waals surface area contributed by atoms with Crippen LogP contribution in [0.1, 0.15) is 5.56 Å². The molecule has 1 aromatic rings. The van der Waals surface area contributed by atoms with Gasteiger partial charge in [-0.1, -0.05) is 0 Å². The van der Waals surface area contributed by atoms with E-state index in [-0.39, 0.29) is 5.75 Å². The van der Waals surface area contributed by atoms with Crippen LogP contribution in [0.5, 0.6) is 5.75 Å². The first-order valence-electron chi connectivity index (χ1n) is 4.52. The molecule has 0 amide bonds. The van der Waals surface area contributed by atoms with Crippen molar-refractivity contribution in [1.29, 1.82) is 0 Å². The van der Waals surface area contributed by atoms with Gasteiger partial charge in [0.15, 0.2) is 6.10 Å². The Labute approximate surface area is 93.6 Å². The quantitative estimate of drug-likeness (QED) is 0.842. The molecule has 0 aliphatic heterocycles. The van der Waals surface area contributed by atoms with Gasteiger partial charge in [-0.3, -0.25) is 0 Å². The minimum absolute atomic E-state index is 0.370. The molecule has 7 heteroatoms. The maximum atomic E-state index is 13.2. The molecule has 96 valence electrons. The maximum Gasteiger partial charge on any atom is 0.414 e. The largest absolute Gasteiger partial charge is 0.496 e. The maximum absolute atomic E-state index is 13.2. The van der Waals surface area contributed by atoms with E-state index in [2.05, 4.69) is 4.74 Å². The molecule has 17 heavy (non-hydrogen) atoms. The molecular weight excluding hydrogens is 247 g/mol. The van der Waals surface area contributed by atoms with Gasteiger partial charge in [-0.05, 0) is 0 Å². The van der Waals surface area contributed by atoms with Crippen molar-refractivity contribution in [2.24, 2.45) is 0 Å². The zero-order chi connectivity index (χ0) is 13.2. The number of aliphatic hydroxyl groups excluding tert-OH is 1.